The van der Waals surface area contributed by atoms with Gasteiger partial charge in [0.15, 0.2) is 18.5 Å². The maximum absolute atomic E-state index is 12.2. The molecule has 1 N–H and O–H groups in total. The Labute approximate surface area is 158 Å². The molecule has 0 radical (unpaired) electrons. The van der Waals surface area contributed by atoms with E-state index in [0.717, 1.165) is 5.56 Å². The van der Waals surface area contributed by atoms with Crippen molar-refractivity contribution in [2.45, 2.75) is 58.1 Å². The lowest BCUT2D eigenvalue weighted by atomic mass is 9.98. The summed E-state index contributed by atoms with van der Waals surface area (Å²) in [6, 6.07) is 9.29. The van der Waals surface area contributed by atoms with E-state index in [-0.39, 0.29) is 19.8 Å². The van der Waals surface area contributed by atoms with E-state index in [1.54, 1.807) is 13.8 Å². The highest BCUT2D eigenvalue weighted by molar-refractivity contribution is 5.76. The van der Waals surface area contributed by atoms with Gasteiger partial charge in [0.2, 0.25) is 0 Å². The first-order valence-electron chi connectivity index (χ1n) is 8.92. The first kappa shape index (κ1) is 21.3. The zero-order valence-electron chi connectivity index (χ0n) is 15.7. The number of hydrogen-bond donors (Lipinski definition) is 1. The van der Waals surface area contributed by atoms with Crippen LogP contribution in [0.1, 0.15) is 26.3 Å². The Morgan fingerprint density at radius 3 is 2.37 bits per heavy atom. The second-order valence-corrected chi connectivity index (χ2v) is 5.96. The highest BCUT2D eigenvalue weighted by Crippen LogP contribution is 2.28. The molecular weight excluding hydrogens is 356 g/mol. The average Bonchev–Trinajstić information content (AvgIpc) is 2.64. The number of benzene rings is 1. The van der Waals surface area contributed by atoms with E-state index in [2.05, 4.69) is 0 Å². The molecule has 5 atom stereocenters. The van der Waals surface area contributed by atoms with E-state index in [0.29, 0.717) is 0 Å². The molecule has 8 heteroatoms. The van der Waals surface area contributed by atoms with Gasteiger partial charge in [0, 0.05) is 13.5 Å². The number of aliphatic hydroxyl groups excluding tert-OH is 1. The standard InChI is InChI=1S/C19H26O8/c1-4-23-18(22)16-14(21)15(25-11-13-9-7-6-8-10-13)17(26-12(3)20)19(27-16)24-5-2/h6-10,14-17,19,21H,4-5,11H2,1-3H3/t14-,15+,16?,17?,19+/m0/s1. The molecule has 1 heterocycles. The van der Waals surface area contributed by atoms with Crippen molar-refractivity contribution in [1.82, 2.24) is 0 Å². The highest BCUT2D eigenvalue weighted by Gasteiger charge is 2.51. The average molecular weight is 382 g/mol. The molecule has 0 aromatic heterocycles. The summed E-state index contributed by atoms with van der Waals surface area (Å²) < 4.78 is 27.1. The number of hydrogen-bond acceptors (Lipinski definition) is 8. The third kappa shape index (κ3) is 5.74. The van der Waals surface area contributed by atoms with Gasteiger partial charge in [-0.25, -0.2) is 4.79 Å². The van der Waals surface area contributed by atoms with Gasteiger partial charge in [0.1, 0.15) is 12.2 Å². The maximum atomic E-state index is 12.2. The normalized spacial score (nSPS) is 27.8. The summed E-state index contributed by atoms with van der Waals surface area (Å²) in [4.78, 5) is 23.7. The Hall–Kier alpha value is -2.00. The molecule has 1 aromatic rings. The Balaban J connectivity index is 2.24. The van der Waals surface area contributed by atoms with Crippen LogP contribution < -0.4 is 0 Å². The van der Waals surface area contributed by atoms with Gasteiger partial charge in [-0.3, -0.25) is 4.79 Å². The Morgan fingerprint density at radius 2 is 1.78 bits per heavy atom. The van der Waals surface area contributed by atoms with Crippen molar-refractivity contribution in [3.05, 3.63) is 35.9 Å². The third-order valence-electron chi connectivity index (χ3n) is 3.96. The molecule has 1 saturated heterocycles. The number of carbonyl (C=O) groups is 2. The van der Waals surface area contributed by atoms with Crippen molar-refractivity contribution in [1.29, 1.82) is 0 Å². The smallest absolute Gasteiger partial charge is 0.338 e. The first-order chi connectivity index (χ1) is 13.0. The van der Waals surface area contributed by atoms with Crippen LogP contribution in [0.3, 0.4) is 0 Å². The van der Waals surface area contributed by atoms with Crippen LogP contribution in [-0.4, -0.2) is 61.0 Å². The van der Waals surface area contributed by atoms with Crippen molar-refractivity contribution >= 4 is 11.9 Å². The van der Waals surface area contributed by atoms with Crippen LogP contribution in [0.5, 0.6) is 0 Å². The van der Waals surface area contributed by atoms with Crippen molar-refractivity contribution < 1.29 is 38.4 Å². The third-order valence-corrected chi connectivity index (χ3v) is 3.96. The van der Waals surface area contributed by atoms with Crippen LogP contribution in [0.25, 0.3) is 0 Å². The minimum atomic E-state index is -1.39. The molecule has 1 aliphatic rings. The Morgan fingerprint density at radius 1 is 1.07 bits per heavy atom. The zero-order valence-corrected chi connectivity index (χ0v) is 15.7. The fourth-order valence-electron chi connectivity index (χ4n) is 2.82. The van der Waals surface area contributed by atoms with E-state index in [1.165, 1.54) is 6.92 Å². The molecule has 1 aliphatic heterocycles. The predicted octanol–water partition coefficient (Wildman–Crippen LogP) is 1.19. The van der Waals surface area contributed by atoms with Crippen molar-refractivity contribution in [2.75, 3.05) is 13.2 Å². The molecule has 150 valence electrons. The van der Waals surface area contributed by atoms with Crippen LogP contribution in [0.4, 0.5) is 0 Å². The second kappa shape index (κ2) is 10.4. The van der Waals surface area contributed by atoms with Crippen molar-refractivity contribution in [3.8, 4) is 0 Å². The molecule has 1 aromatic carbocycles. The van der Waals surface area contributed by atoms with Gasteiger partial charge in [0.05, 0.1) is 13.2 Å². The molecule has 0 amide bonds. The Kier molecular flexibility index (Phi) is 8.18. The number of esters is 2. The van der Waals surface area contributed by atoms with E-state index in [1.807, 2.05) is 30.3 Å². The van der Waals surface area contributed by atoms with Gasteiger partial charge in [-0.15, -0.1) is 0 Å². The van der Waals surface area contributed by atoms with Crippen LogP contribution in [0, 0.1) is 0 Å². The van der Waals surface area contributed by atoms with Crippen LogP contribution >= 0.6 is 0 Å². The lowest BCUT2D eigenvalue weighted by molar-refractivity contribution is -0.304. The van der Waals surface area contributed by atoms with Gasteiger partial charge < -0.3 is 28.8 Å². The molecule has 27 heavy (non-hydrogen) atoms. The molecule has 1 fully saturated rings. The number of rotatable bonds is 8. The minimum Gasteiger partial charge on any atom is -0.464 e. The fraction of sp³-hybridized carbons (Fsp3) is 0.579. The van der Waals surface area contributed by atoms with E-state index >= 15 is 0 Å². The largest absolute Gasteiger partial charge is 0.464 e. The van der Waals surface area contributed by atoms with Gasteiger partial charge in [-0.1, -0.05) is 30.3 Å². The van der Waals surface area contributed by atoms with Crippen LogP contribution in [0.2, 0.25) is 0 Å². The van der Waals surface area contributed by atoms with Crippen LogP contribution in [0.15, 0.2) is 30.3 Å². The maximum Gasteiger partial charge on any atom is 0.338 e. The monoisotopic (exact) mass is 382 g/mol. The molecule has 0 bridgehead atoms. The molecule has 0 aliphatic carbocycles. The molecular formula is C19H26O8. The lowest BCUT2D eigenvalue weighted by Crippen LogP contribution is -2.62. The quantitative estimate of drug-likeness (QED) is 0.669. The zero-order chi connectivity index (χ0) is 19.8. The molecule has 8 nitrogen and oxygen atoms in total. The van der Waals surface area contributed by atoms with Gasteiger partial charge in [-0.05, 0) is 19.4 Å². The van der Waals surface area contributed by atoms with E-state index in [9.17, 15) is 14.7 Å². The SMILES string of the molecule is CCOC(=O)C1O[C@@H](OCC)C(OC(C)=O)[C@H](OCc2ccccc2)[C@@H]1O. The lowest BCUT2D eigenvalue weighted by Gasteiger charge is -2.42. The summed E-state index contributed by atoms with van der Waals surface area (Å²) in [7, 11) is 0. The van der Waals surface area contributed by atoms with Gasteiger partial charge in [0.25, 0.3) is 0 Å². The molecule has 0 saturated carbocycles. The fourth-order valence-corrected chi connectivity index (χ4v) is 2.82. The minimum absolute atomic E-state index is 0.133. The Bertz CT molecular complexity index is 605. The molecule has 2 unspecified atom stereocenters. The van der Waals surface area contributed by atoms with Gasteiger partial charge in [-0.2, -0.15) is 0 Å². The summed E-state index contributed by atoms with van der Waals surface area (Å²) in [6.45, 7) is 5.15. The molecule has 0 spiro atoms. The first-order valence-corrected chi connectivity index (χ1v) is 8.92. The predicted molar refractivity (Wildman–Crippen MR) is 93.5 cm³/mol. The topological polar surface area (TPSA) is 101 Å². The number of carbonyl (C=O) groups excluding carboxylic acids is 2. The van der Waals surface area contributed by atoms with E-state index < -0.39 is 42.6 Å². The van der Waals surface area contributed by atoms with Crippen molar-refractivity contribution in [2.24, 2.45) is 0 Å². The van der Waals surface area contributed by atoms with Crippen LogP contribution in [-0.2, 0) is 39.9 Å². The summed E-state index contributed by atoms with van der Waals surface area (Å²) in [5, 5.41) is 10.7. The van der Waals surface area contributed by atoms with Gasteiger partial charge >= 0.3 is 11.9 Å². The second-order valence-electron chi connectivity index (χ2n) is 5.96. The summed E-state index contributed by atoms with van der Waals surface area (Å²) in [5.74, 6) is -1.31. The summed E-state index contributed by atoms with van der Waals surface area (Å²) >= 11 is 0. The molecule has 2 rings (SSSR count). The van der Waals surface area contributed by atoms with E-state index in [4.69, 9.17) is 23.7 Å². The highest BCUT2D eigenvalue weighted by atomic mass is 16.7. The van der Waals surface area contributed by atoms with Crippen molar-refractivity contribution in [3.63, 3.8) is 0 Å². The summed E-state index contributed by atoms with van der Waals surface area (Å²) in [6.07, 6.45) is -5.85. The number of aliphatic hydroxyl groups is 1. The number of ether oxygens (including phenoxy) is 5. The summed E-state index contributed by atoms with van der Waals surface area (Å²) in [5.41, 5.74) is 0.860.